The summed E-state index contributed by atoms with van der Waals surface area (Å²) in [4.78, 5) is 0. The number of benzene rings is 1. The maximum Gasteiger partial charge on any atom is 0.0481 e. The topological polar surface area (TPSA) is 17.0 Å². The number of hydrogen-bond donors (Lipinski definition) is 1. The van der Waals surface area contributed by atoms with Crippen LogP contribution in [-0.2, 0) is 13.6 Å². The summed E-state index contributed by atoms with van der Waals surface area (Å²) in [6.45, 7) is 4.53. The molecule has 0 saturated heterocycles. The zero-order valence-electron chi connectivity index (χ0n) is 11.4. The van der Waals surface area contributed by atoms with Crippen LogP contribution >= 0.6 is 0 Å². The summed E-state index contributed by atoms with van der Waals surface area (Å²) >= 11 is 0. The number of nitrogens with one attached hydrogen (secondary N) is 1. The number of para-hydroxylation sites is 1. The summed E-state index contributed by atoms with van der Waals surface area (Å²) in [7, 11) is 2.12. The van der Waals surface area contributed by atoms with Crippen LogP contribution in [0.1, 0.15) is 31.7 Å². The van der Waals surface area contributed by atoms with Gasteiger partial charge in [0.2, 0.25) is 0 Å². The molecule has 2 heteroatoms. The Labute approximate surface area is 109 Å². The van der Waals surface area contributed by atoms with E-state index < -0.39 is 0 Å². The van der Waals surface area contributed by atoms with Crippen molar-refractivity contribution in [2.24, 2.45) is 12.5 Å². The summed E-state index contributed by atoms with van der Waals surface area (Å²) in [6, 6.07) is 8.64. The lowest BCUT2D eigenvalue weighted by Gasteiger charge is -2.38. The molecule has 0 bridgehead atoms. The normalized spacial score (nSPS) is 17.9. The Hall–Kier alpha value is -1.28. The minimum Gasteiger partial charge on any atom is -0.350 e. The Morgan fingerprint density at radius 2 is 2.06 bits per heavy atom. The zero-order valence-corrected chi connectivity index (χ0v) is 11.4. The molecule has 1 N–H and O–H groups in total. The second-order valence-electron chi connectivity index (χ2n) is 6.05. The summed E-state index contributed by atoms with van der Waals surface area (Å²) < 4.78 is 2.22. The minimum atomic E-state index is 0.560. The Balaban J connectivity index is 1.71. The highest BCUT2D eigenvalue weighted by atomic mass is 14.9. The van der Waals surface area contributed by atoms with E-state index in [1.165, 1.54) is 35.7 Å². The first-order chi connectivity index (χ1) is 8.68. The highest BCUT2D eigenvalue weighted by Gasteiger charge is 2.30. The van der Waals surface area contributed by atoms with Crippen molar-refractivity contribution in [2.75, 3.05) is 6.54 Å². The number of hydrogen-bond acceptors (Lipinski definition) is 1. The van der Waals surface area contributed by atoms with E-state index in [4.69, 9.17) is 0 Å². The first kappa shape index (κ1) is 11.8. The maximum atomic E-state index is 3.64. The van der Waals surface area contributed by atoms with Gasteiger partial charge in [0, 0.05) is 37.2 Å². The standard InChI is InChI=1S/C16H22N2/c1-16(8-5-9-16)12-17-10-13-11-18(2)15-7-4-3-6-14(13)15/h3-4,6-7,11,17H,5,8-10,12H2,1-2H3. The van der Waals surface area contributed by atoms with Crippen molar-refractivity contribution in [3.63, 3.8) is 0 Å². The molecule has 1 fully saturated rings. The summed E-state index contributed by atoms with van der Waals surface area (Å²) in [5.41, 5.74) is 3.30. The van der Waals surface area contributed by atoms with Gasteiger partial charge in [0.1, 0.15) is 0 Å². The fraction of sp³-hybridized carbons (Fsp3) is 0.500. The molecule has 1 aliphatic carbocycles. The molecule has 2 nitrogen and oxygen atoms in total. The van der Waals surface area contributed by atoms with Crippen molar-refractivity contribution < 1.29 is 0 Å². The van der Waals surface area contributed by atoms with Crippen LogP contribution in [0.15, 0.2) is 30.5 Å². The van der Waals surface area contributed by atoms with E-state index in [1.54, 1.807) is 0 Å². The Morgan fingerprint density at radius 3 is 2.78 bits per heavy atom. The predicted octanol–water partition coefficient (Wildman–Crippen LogP) is 3.46. The van der Waals surface area contributed by atoms with Gasteiger partial charge in [-0.05, 0) is 29.9 Å². The number of aryl methyl sites for hydroxylation is 1. The molecule has 0 amide bonds. The molecule has 0 radical (unpaired) electrons. The molecule has 1 aromatic carbocycles. The molecule has 1 aliphatic rings. The van der Waals surface area contributed by atoms with Gasteiger partial charge in [0.05, 0.1) is 0 Å². The van der Waals surface area contributed by atoms with Crippen LogP contribution in [0.3, 0.4) is 0 Å². The van der Waals surface area contributed by atoms with Gasteiger partial charge >= 0.3 is 0 Å². The molecule has 96 valence electrons. The minimum absolute atomic E-state index is 0.560. The molecule has 1 heterocycles. The van der Waals surface area contributed by atoms with E-state index in [-0.39, 0.29) is 0 Å². The van der Waals surface area contributed by atoms with Crippen molar-refractivity contribution in [3.05, 3.63) is 36.0 Å². The average molecular weight is 242 g/mol. The predicted molar refractivity (Wildman–Crippen MR) is 76.6 cm³/mol. The van der Waals surface area contributed by atoms with Crippen LogP contribution in [0.2, 0.25) is 0 Å². The van der Waals surface area contributed by atoms with Gasteiger partial charge in [0.15, 0.2) is 0 Å². The van der Waals surface area contributed by atoms with Crippen molar-refractivity contribution >= 4 is 10.9 Å². The van der Waals surface area contributed by atoms with Gasteiger partial charge in [-0.25, -0.2) is 0 Å². The molecule has 3 rings (SSSR count). The molecular weight excluding hydrogens is 220 g/mol. The molecule has 1 saturated carbocycles. The van der Waals surface area contributed by atoms with Gasteiger partial charge in [-0.3, -0.25) is 0 Å². The van der Waals surface area contributed by atoms with Crippen LogP contribution in [-0.4, -0.2) is 11.1 Å². The lowest BCUT2D eigenvalue weighted by atomic mass is 9.70. The third-order valence-corrected chi connectivity index (χ3v) is 4.41. The molecule has 18 heavy (non-hydrogen) atoms. The van der Waals surface area contributed by atoms with Crippen molar-refractivity contribution in [3.8, 4) is 0 Å². The van der Waals surface area contributed by atoms with E-state index in [1.807, 2.05) is 0 Å². The molecule has 0 spiro atoms. The monoisotopic (exact) mass is 242 g/mol. The second kappa shape index (κ2) is 4.43. The Morgan fingerprint density at radius 1 is 1.28 bits per heavy atom. The van der Waals surface area contributed by atoms with Crippen molar-refractivity contribution in [1.82, 2.24) is 9.88 Å². The molecule has 0 aliphatic heterocycles. The van der Waals surface area contributed by atoms with Crippen LogP contribution in [0, 0.1) is 5.41 Å². The SMILES string of the molecule is Cn1cc(CNCC2(C)CCC2)c2ccccc21. The number of nitrogens with zero attached hydrogens (tertiary/aromatic N) is 1. The van der Waals surface area contributed by atoms with Crippen molar-refractivity contribution in [2.45, 2.75) is 32.7 Å². The summed E-state index contributed by atoms with van der Waals surface area (Å²) in [6.07, 6.45) is 6.43. The average Bonchev–Trinajstić information content (AvgIpc) is 2.65. The maximum absolute atomic E-state index is 3.64. The summed E-state index contributed by atoms with van der Waals surface area (Å²) in [5, 5.41) is 5.02. The lowest BCUT2D eigenvalue weighted by Crippen LogP contribution is -2.36. The van der Waals surface area contributed by atoms with E-state index >= 15 is 0 Å². The zero-order chi connectivity index (χ0) is 12.6. The van der Waals surface area contributed by atoms with E-state index in [0.717, 1.165) is 13.1 Å². The van der Waals surface area contributed by atoms with Crippen LogP contribution < -0.4 is 5.32 Å². The van der Waals surface area contributed by atoms with E-state index in [9.17, 15) is 0 Å². The fourth-order valence-corrected chi connectivity index (χ4v) is 3.02. The smallest absolute Gasteiger partial charge is 0.0481 e. The number of fused-ring (bicyclic) bond motifs is 1. The van der Waals surface area contributed by atoms with Gasteiger partial charge in [-0.15, -0.1) is 0 Å². The first-order valence-electron chi connectivity index (χ1n) is 6.92. The quantitative estimate of drug-likeness (QED) is 0.869. The van der Waals surface area contributed by atoms with Crippen molar-refractivity contribution in [1.29, 1.82) is 0 Å². The van der Waals surface area contributed by atoms with E-state index in [0.29, 0.717) is 5.41 Å². The van der Waals surface area contributed by atoms with Gasteiger partial charge < -0.3 is 9.88 Å². The third-order valence-electron chi connectivity index (χ3n) is 4.41. The molecule has 0 atom stereocenters. The summed E-state index contributed by atoms with van der Waals surface area (Å²) in [5.74, 6) is 0. The number of aromatic nitrogens is 1. The lowest BCUT2D eigenvalue weighted by molar-refractivity contribution is 0.156. The molecular formula is C16H22N2. The van der Waals surface area contributed by atoms with Crippen LogP contribution in [0.25, 0.3) is 10.9 Å². The first-order valence-corrected chi connectivity index (χ1v) is 6.92. The van der Waals surface area contributed by atoms with Gasteiger partial charge in [0.25, 0.3) is 0 Å². The second-order valence-corrected chi connectivity index (χ2v) is 6.05. The van der Waals surface area contributed by atoms with Crippen LogP contribution in [0.4, 0.5) is 0 Å². The van der Waals surface area contributed by atoms with E-state index in [2.05, 4.69) is 54.3 Å². The van der Waals surface area contributed by atoms with Gasteiger partial charge in [-0.2, -0.15) is 0 Å². The Kier molecular flexibility index (Phi) is 2.90. The third kappa shape index (κ3) is 2.05. The Bertz CT molecular complexity index is 549. The molecule has 1 aromatic heterocycles. The highest BCUT2D eigenvalue weighted by molar-refractivity contribution is 5.83. The fourth-order valence-electron chi connectivity index (χ4n) is 3.02. The highest BCUT2D eigenvalue weighted by Crippen LogP contribution is 2.39. The van der Waals surface area contributed by atoms with Gasteiger partial charge in [-0.1, -0.05) is 31.5 Å². The molecule has 2 aromatic rings. The number of rotatable bonds is 4. The largest absolute Gasteiger partial charge is 0.350 e. The molecule has 0 unspecified atom stereocenters. The van der Waals surface area contributed by atoms with Crippen LogP contribution in [0.5, 0.6) is 0 Å².